The van der Waals surface area contributed by atoms with E-state index in [4.69, 9.17) is 0 Å². The summed E-state index contributed by atoms with van der Waals surface area (Å²) < 4.78 is 0. The van der Waals surface area contributed by atoms with Crippen LogP contribution >= 0.6 is 0 Å². The van der Waals surface area contributed by atoms with E-state index in [1.54, 1.807) is 0 Å². The van der Waals surface area contributed by atoms with Crippen LogP contribution < -0.4 is 5.32 Å². The van der Waals surface area contributed by atoms with Gasteiger partial charge in [-0.25, -0.2) is 0 Å². The number of hydrogen-bond acceptors (Lipinski definition) is 4. The minimum atomic E-state index is 0.160. The molecule has 20 heavy (non-hydrogen) atoms. The molecule has 0 saturated carbocycles. The van der Waals surface area contributed by atoms with Crippen LogP contribution in [-0.4, -0.2) is 86.1 Å². The van der Waals surface area contributed by atoms with Crippen molar-refractivity contribution < 1.29 is 4.79 Å². The summed E-state index contributed by atoms with van der Waals surface area (Å²) in [4.78, 5) is 18.9. The van der Waals surface area contributed by atoms with E-state index in [0.717, 1.165) is 38.8 Å². The average molecular weight is 282 g/mol. The van der Waals surface area contributed by atoms with Crippen molar-refractivity contribution in [2.45, 2.75) is 32.2 Å². The monoisotopic (exact) mass is 282 g/mol. The van der Waals surface area contributed by atoms with Crippen LogP contribution in [-0.2, 0) is 4.79 Å². The van der Waals surface area contributed by atoms with Crippen LogP contribution in [0, 0.1) is 0 Å². The van der Waals surface area contributed by atoms with Crippen LogP contribution in [0.15, 0.2) is 0 Å². The Hall–Kier alpha value is -0.650. The van der Waals surface area contributed by atoms with E-state index in [1.807, 2.05) is 6.92 Å². The van der Waals surface area contributed by atoms with Gasteiger partial charge in [0.05, 0.1) is 6.54 Å². The van der Waals surface area contributed by atoms with Gasteiger partial charge < -0.3 is 10.2 Å². The van der Waals surface area contributed by atoms with Gasteiger partial charge in [-0.2, -0.15) is 0 Å². The van der Waals surface area contributed by atoms with Crippen LogP contribution in [0.3, 0.4) is 0 Å². The van der Waals surface area contributed by atoms with Crippen LogP contribution in [0.25, 0.3) is 0 Å². The van der Waals surface area contributed by atoms with Gasteiger partial charge in [-0.1, -0.05) is 6.42 Å². The number of nitrogens with zero attached hydrogens (tertiary/aromatic N) is 3. The Morgan fingerprint density at radius 1 is 1.10 bits per heavy atom. The molecule has 1 unspecified atom stereocenters. The molecule has 116 valence electrons. The topological polar surface area (TPSA) is 38.8 Å². The number of carbonyl (C=O) groups is 1. The van der Waals surface area contributed by atoms with Crippen molar-refractivity contribution in [1.29, 1.82) is 0 Å². The summed E-state index contributed by atoms with van der Waals surface area (Å²) in [5.74, 6) is 0.160. The molecule has 1 amide bonds. The SMILES string of the molecule is CCNC(=O)CN1CCN(CC2CCCCN2C)CC1. The number of hydrogen-bond donors (Lipinski definition) is 1. The Bertz CT molecular complexity index is 302. The van der Waals surface area contributed by atoms with Gasteiger partial charge in [0.25, 0.3) is 0 Å². The van der Waals surface area contributed by atoms with E-state index in [0.29, 0.717) is 6.54 Å². The molecule has 0 aromatic carbocycles. The first kappa shape index (κ1) is 15.7. The smallest absolute Gasteiger partial charge is 0.234 e. The maximum Gasteiger partial charge on any atom is 0.234 e. The van der Waals surface area contributed by atoms with Gasteiger partial charge >= 0.3 is 0 Å². The molecule has 0 spiro atoms. The first-order valence-corrected chi connectivity index (χ1v) is 8.10. The predicted molar refractivity (Wildman–Crippen MR) is 81.8 cm³/mol. The van der Waals surface area contributed by atoms with Crippen LogP contribution in [0.5, 0.6) is 0 Å². The fraction of sp³-hybridized carbons (Fsp3) is 0.933. The molecule has 5 nitrogen and oxygen atoms in total. The van der Waals surface area contributed by atoms with Crippen LogP contribution in [0.4, 0.5) is 0 Å². The summed E-state index contributed by atoms with van der Waals surface area (Å²) in [7, 11) is 2.26. The highest BCUT2D eigenvalue weighted by atomic mass is 16.2. The molecule has 2 aliphatic rings. The number of piperazine rings is 1. The predicted octanol–water partition coefficient (Wildman–Crippen LogP) is 0.224. The number of likely N-dealkylation sites (tertiary alicyclic amines) is 1. The molecule has 0 aromatic heterocycles. The second-order valence-electron chi connectivity index (χ2n) is 6.16. The molecule has 0 aliphatic carbocycles. The fourth-order valence-corrected chi connectivity index (χ4v) is 3.26. The molecule has 2 fully saturated rings. The molecule has 1 N–H and O–H groups in total. The third-order valence-electron chi connectivity index (χ3n) is 4.60. The molecule has 2 aliphatic heterocycles. The third-order valence-corrected chi connectivity index (χ3v) is 4.60. The van der Waals surface area contributed by atoms with E-state index < -0.39 is 0 Å². The van der Waals surface area contributed by atoms with Crippen molar-refractivity contribution in [1.82, 2.24) is 20.0 Å². The van der Waals surface area contributed by atoms with Crippen molar-refractivity contribution in [3.63, 3.8) is 0 Å². The second kappa shape index (κ2) is 7.96. The lowest BCUT2D eigenvalue weighted by Gasteiger charge is -2.40. The molecule has 0 bridgehead atoms. The summed E-state index contributed by atoms with van der Waals surface area (Å²) in [6.07, 6.45) is 4.08. The Morgan fingerprint density at radius 3 is 2.45 bits per heavy atom. The van der Waals surface area contributed by atoms with E-state index >= 15 is 0 Å². The highest BCUT2D eigenvalue weighted by Crippen LogP contribution is 2.16. The van der Waals surface area contributed by atoms with Crippen molar-refractivity contribution >= 4 is 5.91 Å². The van der Waals surface area contributed by atoms with E-state index in [2.05, 4.69) is 27.1 Å². The first-order valence-electron chi connectivity index (χ1n) is 8.10. The highest BCUT2D eigenvalue weighted by molar-refractivity contribution is 5.77. The van der Waals surface area contributed by atoms with Gasteiger partial charge in [0.1, 0.15) is 0 Å². The van der Waals surface area contributed by atoms with E-state index in [9.17, 15) is 4.79 Å². The summed E-state index contributed by atoms with van der Waals surface area (Å²) >= 11 is 0. The molecule has 2 rings (SSSR count). The van der Waals surface area contributed by atoms with E-state index in [-0.39, 0.29) is 5.91 Å². The molecule has 1 atom stereocenters. The van der Waals surface area contributed by atoms with Gasteiger partial charge in [0, 0.05) is 45.3 Å². The zero-order chi connectivity index (χ0) is 14.4. The number of piperidine rings is 1. The number of nitrogens with one attached hydrogen (secondary N) is 1. The van der Waals surface area contributed by atoms with Crippen molar-refractivity contribution in [3.8, 4) is 0 Å². The van der Waals surface area contributed by atoms with Crippen LogP contribution in [0.2, 0.25) is 0 Å². The first-order chi connectivity index (χ1) is 9.69. The lowest BCUT2D eigenvalue weighted by Crippen LogP contribution is -2.53. The zero-order valence-electron chi connectivity index (χ0n) is 13.1. The fourth-order valence-electron chi connectivity index (χ4n) is 3.26. The second-order valence-corrected chi connectivity index (χ2v) is 6.16. The molecular formula is C15H30N4O. The Kier molecular flexibility index (Phi) is 6.26. The minimum Gasteiger partial charge on any atom is -0.355 e. The van der Waals surface area contributed by atoms with E-state index in [1.165, 1.54) is 32.4 Å². The highest BCUT2D eigenvalue weighted by Gasteiger charge is 2.24. The van der Waals surface area contributed by atoms with Gasteiger partial charge in [-0.15, -0.1) is 0 Å². The maximum atomic E-state index is 11.6. The molecule has 2 heterocycles. The standard InChI is InChI=1S/C15H30N4O/c1-3-16-15(20)13-19-10-8-18(9-11-19)12-14-6-4-5-7-17(14)2/h14H,3-13H2,1-2H3,(H,16,20). The lowest BCUT2D eigenvalue weighted by atomic mass is 10.0. The Balaban J connectivity index is 1.67. The minimum absolute atomic E-state index is 0.160. The summed E-state index contributed by atoms with van der Waals surface area (Å²) in [5.41, 5.74) is 0. The molecule has 0 radical (unpaired) electrons. The van der Waals surface area contributed by atoms with Gasteiger partial charge in [0.15, 0.2) is 0 Å². The molecule has 0 aromatic rings. The quantitative estimate of drug-likeness (QED) is 0.783. The third kappa shape index (κ3) is 4.72. The zero-order valence-corrected chi connectivity index (χ0v) is 13.1. The number of likely N-dealkylation sites (N-methyl/N-ethyl adjacent to an activating group) is 2. The maximum absolute atomic E-state index is 11.6. The summed E-state index contributed by atoms with van der Waals surface area (Å²) in [6, 6.07) is 0.735. The van der Waals surface area contributed by atoms with Gasteiger partial charge in [-0.05, 0) is 33.4 Å². The molecule has 2 saturated heterocycles. The average Bonchev–Trinajstić information content (AvgIpc) is 2.44. The van der Waals surface area contributed by atoms with Crippen molar-refractivity contribution in [2.24, 2.45) is 0 Å². The largest absolute Gasteiger partial charge is 0.355 e. The Morgan fingerprint density at radius 2 is 1.80 bits per heavy atom. The normalized spacial score (nSPS) is 26.6. The van der Waals surface area contributed by atoms with Crippen molar-refractivity contribution in [2.75, 3.05) is 59.4 Å². The van der Waals surface area contributed by atoms with Gasteiger partial charge in [0.2, 0.25) is 5.91 Å². The summed E-state index contributed by atoms with van der Waals surface area (Å²) in [6.45, 7) is 9.95. The lowest BCUT2D eigenvalue weighted by molar-refractivity contribution is -0.122. The number of amides is 1. The Labute approximate surface area is 123 Å². The van der Waals surface area contributed by atoms with Crippen molar-refractivity contribution in [3.05, 3.63) is 0 Å². The number of rotatable bonds is 5. The molecule has 5 heteroatoms. The molecular weight excluding hydrogens is 252 g/mol. The number of carbonyl (C=O) groups excluding carboxylic acids is 1. The summed E-state index contributed by atoms with van der Waals surface area (Å²) in [5, 5.41) is 2.87. The van der Waals surface area contributed by atoms with Crippen LogP contribution in [0.1, 0.15) is 26.2 Å². The van der Waals surface area contributed by atoms with Gasteiger partial charge in [-0.3, -0.25) is 14.6 Å².